The largest absolute Gasteiger partial charge is 0.393 e. The average Bonchev–Trinajstić information content (AvgIpc) is 2.53. The van der Waals surface area contributed by atoms with E-state index in [1.165, 1.54) is 4.88 Å². The Bertz CT molecular complexity index is 276. The van der Waals surface area contributed by atoms with Gasteiger partial charge in [0.25, 0.3) is 0 Å². The van der Waals surface area contributed by atoms with Crippen molar-refractivity contribution >= 4 is 22.9 Å². The highest BCUT2D eigenvalue weighted by atomic mass is 35.5. The van der Waals surface area contributed by atoms with Crippen LogP contribution in [-0.2, 0) is 0 Å². The lowest BCUT2D eigenvalue weighted by atomic mass is 9.86. The van der Waals surface area contributed by atoms with E-state index in [0.717, 1.165) is 30.0 Å². The summed E-state index contributed by atoms with van der Waals surface area (Å²) < 4.78 is 0.876. The predicted molar refractivity (Wildman–Crippen MR) is 56.5 cm³/mol. The third kappa shape index (κ3) is 2.25. The SMILES string of the molecule is OC1CCC(c2ccc(Cl)s2)CC1. The van der Waals surface area contributed by atoms with Crippen LogP contribution < -0.4 is 0 Å². The normalized spacial score (nSPS) is 29.1. The summed E-state index contributed by atoms with van der Waals surface area (Å²) in [4.78, 5) is 1.39. The van der Waals surface area contributed by atoms with Gasteiger partial charge in [-0.2, -0.15) is 0 Å². The second-order valence-electron chi connectivity index (χ2n) is 3.65. The van der Waals surface area contributed by atoms with Gasteiger partial charge < -0.3 is 5.11 Å². The summed E-state index contributed by atoms with van der Waals surface area (Å²) in [7, 11) is 0. The third-order valence-electron chi connectivity index (χ3n) is 2.69. The Hall–Kier alpha value is -0.0500. The van der Waals surface area contributed by atoms with Crippen LogP contribution in [0.5, 0.6) is 0 Å². The van der Waals surface area contributed by atoms with Gasteiger partial charge in [-0.05, 0) is 43.7 Å². The van der Waals surface area contributed by atoms with Crippen molar-refractivity contribution in [1.29, 1.82) is 0 Å². The Morgan fingerprint density at radius 3 is 2.46 bits per heavy atom. The summed E-state index contributed by atoms with van der Waals surface area (Å²) in [5.74, 6) is 0.640. The minimum atomic E-state index is -0.0633. The molecule has 0 amide bonds. The fraction of sp³-hybridized carbons (Fsp3) is 0.600. The fourth-order valence-corrected chi connectivity index (χ4v) is 3.14. The molecule has 0 unspecified atom stereocenters. The molecule has 0 saturated heterocycles. The smallest absolute Gasteiger partial charge is 0.0931 e. The highest BCUT2D eigenvalue weighted by molar-refractivity contribution is 7.16. The molecular formula is C10H13ClOS. The lowest BCUT2D eigenvalue weighted by Gasteiger charge is -2.24. The van der Waals surface area contributed by atoms with Gasteiger partial charge in [0, 0.05) is 4.88 Å². The van der Waals surface area contributed by atoms with E-state index in [-0.39, 0.29) is 6.10 Å². The van der Waals surface area contributed by atoms with E-state index in [9.17, 15) is 5.11 Å². The molecule has 1 nitrogen and oxygen atoms in total. The minimum Gasteiger partial charge on any atom is -0.393 e. The molecule has 1 heterocycles. The number of hydrogen-bond donors (Lipinski definition) is 1. The molecule has 72 valence electrons. The molecule has 0 aromatic carbocycles. The van der Waals surface area contributed by atoms with Gasteiger partial charge in [0.1, 0.15) is 0 Å². The molecule has 1 aromatic rings. The van der Waals surface area contributed by atoms with Crippen LogP contribution in [0.2, 0.25) is 4.34 Å². The standard InChI is InChI=1S/C10H13ClOS/c11-10-6-5-9(13-10)7-1-3-8(12)4-2-7/h5-8,12H,1-4H2. The summed E-state index contributed by atoms with van der Waals surface area (Å²) in [6.45, 7) is 0. The number of halogens is 1. The Morgan fingerprint density at radius 2 is 1.92 bits per heavy atom. The van der Waals surface area contributed by atoms with Crippen LogP contribution in [0, 0.1) is 0 Å². The van der Waals surface area contributed by atoms with E-state index in [1.54, 1.807) is 11.3 Å². The van der Waals surface area contributed by atoms with Crippen molar-refractivity contribution in [2.75, 3.05) is 0 Å². The van der Waals surface area contributed by atoms with Gasteiger partial charge in [0.15, 0.2) is 0 Å². The van der Waals surface area contributed by atoms with Crippen molar-refractivity contribution in [2.45, 2.75) is 37.7 Å². The van der Waals surface area contributed by atoms with Gasteiger partial charge in [-0.25, -0.2) is 0 Å². The van der Waals surface area contributed by atoms with Crippen molar-refractivity contribution in [1.82, 2.24) is 0 Å². The molecule has 3 heteroatoms. The molecule has 1 saturated carbocycles. The maximum Gasteiger partial charge on any atom is 0.0931 e. The van der Waals surface area contributed by atoms with E-state index in [4.69, 9.17) is 11.6 Å². The van der Waals surface area contributed by atoms with E-state index >= 15 is 0 Å². The lowest BCUT2D eigenvalue weighted by molar-refractivity contribution is 0.123. The zero-order valence-corrected chi connectivity index (χ0v) is 8.94. The van der Waals surface area contributed by atoms with Gasteiger partial charge in [-0.15, -0.1) is 11.3 Å². The van der Waals surface area contributed by atoms with Gasteiger partial charge in [0.2, 0.25) is 0 Å². The molecule has 13 heavy (non-hydrogen) atoms. The predicted octanol–water partition coefficient (Wildman–Crippen LogP) is 3.42. The molecule has 1 aliphatic rings. The van der Waals surface area contributed by atoms with E-state index in [1.807, 2.05) is 6.07 Å². The summed E-state index contributed by atoms with van der Waals surface area (Å²) >= 11 is 7.56. The molecule has 1 N–H and O–H groups in total. The molecule has 2 rings (SSSR count). The first-order chi connectivity index (χ1) is 6.25. The molecule has 0 bridgehead atoms. The highest BCUT2D eigenvalue weighted by Crippen LogP contribution is 2.37. The lowest BCUT2D eigenvalue weighted by Crippen LogP contribution is -2.16. The van der Waals surface area contributed by atoms with Crippen molar-refractivity contribution in [3.05, 3.63) is 21.3 Å². The van der Waals surface area contributed by atoms with Gasteiger partial charge in [0.05, 0.1) is 10.4 Å². The number of thiophene rings is 1. The van der Waals surface area contributed by atoms with Crippen LogP contribution in [0.15, 0.2) is 12.1 Å². The zero-order valence-electron chi connectivity index (χ0n) is 7.37. The maximum atomic E-state index is 9.36. The molecule has 0 aliphatic heterocycles. The van der Waals surface area contributed by atoms with Crippen LogP contribution >= 0.6 is 22.9 Å². The Kier molecular flexibility index (Phi) is 2.92. The molecule has 0 spiro atoms. The quantitative estimate of drug-likeness (QED) is 0.763. The number of hydrogen-bond acceptors (Lipinski definition) is 2. The molecule has 1 aliphatic carbocycles. The third-order valence-corrected chi connectivity index (χ3v) is 4.09. The number of rotatable bonds is 1. The van der Waals surface area contributed by atoms with Crippen molar-refractivity contribution in [3.8, 4) is 0 Å². The second-order valence-corrected chi connectivity index (χ2v) is 5.39. The van der Waals surface area contributed by atoms with Crippen molar-refractivity contribution in [2.24, 2.45) is 0 Å². The first-order valence-corrected chi connectivity index (χ1v) is 5.88. The van der Waals surface area contributed by atoms with Crippen LogP contribution in [0.3, 0.4) is 0 Å². The molecule has 0 radical (unpaired) electrons. The van der Waals surface area contributed by atoms with Gasteiger partial charge >= 0.3 is 0 Å². The first-order valence-electron chi connectivity index (χ1n) is 4.69. The number of aliphatic hydroxyl groups is 1. The molecular weight excluding hydrogens is 204 g/mol. The number of aliphatic hydroxyl groups excluding tert-OH is 1. The summed E-state index contributed by atoms with van der Waals surface area (Å²) in [5.41, 5.74) is 0. The summed E-state index contributed by atoms with van der Waals surface area (Å²) in [6.07, 6.45) is 4.04. The average molecular weight is 217 g/mol. The summed E-state index contributed by atoms with van der Waals surface area (Å²) in [5, 5.41) is 9.36. The van der Waals surface area contributed by atoms with Gasteiger partial charge in [-0.3, -0.25) is 0 Å². The highest BCUT2D eigenvalue weighted by Gasteiger charge is 2.21. The van der Waals surface area contributed by atoms with E-state index in [2.05, 4.69) is 6.07 Å². The minimum absolute atomic E-state index is 0.0633. The molecule has 0 atom stereocenters. The van der Waals surface area contributed by atoms with Crippen LogP contribution in [0.1, 0.15) is 36.5 Å². The Labute approximate surface area is 87.4 Å². The maximum absolute atomic E-state index is 9.36. The Morgan fingerprint density at radius 1 is 1.23 bits per heavy atom. The second kappa shape index (κ2) is 3.99. The van der Waals surface area contributed by atoms with Crippen molar-refractivity contribution in [3.63, 3.8) is 0 Å². The Balaban J connectivity index is 2.02. The van der Waals surface area contributed by atoms with Crippen LogP contribution in [0.4, 0.5) is 0 Å². The monoisotopic (exact) mass is 216 g/mol. The molecule has 1 aromatic heterocycles. The zero-order chi connectivity index (χ0) is 9.26. The fourth-order valence-electron chi connectivity index (χ4n) is 1.91. The van der Waals surface area contributed by atoms with E-state index in [0.29, 0.717) is 5.92 Å². The van der Waals surface area contributed by atoms with Crippen LogP contribution in [-0.4, -0.2) is 11.2 Å². The molecule has 1 fully saturated rings. The summed E-state index contributed by atoms with van der Waals surface area (Å²) in [6, 6.07) is 4.09. The van der Waals surface area contributed by atoms with E-state index < -0.39 is 0 Å². The van der Waals surface area contributed by atoms with Crippen molar-refractivity contribution < 1.29 is 5.11 Å². The van der Waals surface area contributed by atoms with Crippen LogP contribution in [0.25, 0.3) is 0 Å². The van der Waals surface area contributed by atoms with Gasteiger partial charge in [-0.1, -0.05) is 11.6 Å². The first kappa shape index (κ1) is 9.50. The topological polar surface area (TPSA) is 20.2 Å².